The lowest BCUT2D eigenvalue weighted by Crippen LogP contribution is -2.10. The molecular formula is C17H21N3O. The normalized spacial score (nSPS) is 13.4. The molecule has 1 aromatic heterocycles. The molecule has 0 amide bonds. The Kier molecular flexibility index (Phi) is 4.04. The number of fused-ring (bicyclic) bond motifs is 1. The van der Waals surface area contributed by atoms with Crippen LogP contribution in [0, 0.1) is 0 Å². The van der Waals surface area contributed by atoms with Crippen LogP contribution in [0.25, 0.3) is 11.3 Å². The molecule has 0 bridgehead atoms. The van der Waals surface area contributed by atoms with E-state index in [1.54, 1.807) is 0 Å². The molecule has 0 unspecified atom stereocenters. The SMILES string of the molecule is CCNc1cc(-c2cccc3c2OCCC3)nc(CC)n1. The Balaban J connectivity index is 2.09. The summed E-state index contributed by atoms with van der Waals surface area (Å²) in [4.78, 5) is 9.20. The van der Waals surface area contributed by atoms with Crippen molar-refractivity contribution in [2.75, 3.05) is 18.5 Å². The van der Waals surface area contributed by atoms with Crippen LogP contribution in [-0.2, 0) is 12.8 Å². The fraction of sp³-hybridized carbons (Fsp3) is 0.412. The number of benzene rings is 1. The third-order valence-corrected chi connectivity index (χ3v) is 3.66. The van der Waals surface area contributed by atoms with Crippen molar-refractivity contribution in [3.63, 3.8) is 0 Å². The summed E-state index contributed by atoms with van der Waals surface area (Å²) in [5.74, 6) is 2.73. The molecule has 1 aromatic carbocycles. The highest BCUT2D eigenvalue weighted by Crippen LogP contribution is 2.35. The Hall–Kier alpha value is -2.10. The summed E-state index contributed by atoms with van der Waals surface area (Å²) in [7, 11) is 0. The molecule has 4 nitrogen and oxygen atoms in total. The Bertz CT molecular complexity index is 640. The van der Waals surface area contributed by atoms with Gasteiger partial charge in [0.1, 0.15) is 17.4 Å². The summed E-state index contributed by atoms with van der Waals surface area (Å²) in [5, 5.41) is 3.28. The second kappa shape index (κ2) is 6.12. The maximum Gasteiger partial charge on any atom is 0.131 e. The van der Waals surface area contributed by atoms with Crippen molar-refractivity contribution < 1.29 is 4.74 Å². The molecule has 4 heteroatoms. The van der Waals surface area contributed by atoms with E-state index in [1.165, 1.54) is 5.56 Å². The van der Waals surface area contributed by atoms with Crippen LogP contribution >= 0.6 is 0 Å². The molecule has 0 radical (unpaired) electrons. The van der Waals surface area contributed by atoms with Crippen LogP contribution in [0.5, 0.6) is 5.75 Å². The molecule has 21 heavy (non-hydrogen) atoms. The summed E-state index contributed by atoms with van der Waals surface area (Å²) < 4.78 is 5.90. The number of hydrogen-bond donors (Lipinski definition) is 1. The maximum absolute atomic E-state index is 5.90. The fourth-order valence-electron chi connectivity index (χ4n) is 2.66. The minimum Gasteiger partial charge on any atom is -0.493 e. The highest BCUT2D eigenvalue weighted by Gasteiger charge is 2.17. The zero-order chi connectivity index (χ0) is 14.7. The molecule has 2 heterocycles. The van der Waals surface area contributed by atoms with E-state index in [-0.39, 0.29) is 0 Å². The average Bonchev–Trinajstić information content (AvgIpc) is 2.54. The molecule has 0 atom stereocenters. The van der Waals surface area contributed by atoms with Gasteiger partial charge in [-0.2, -0.15) is 0 Å². The van der Waals surface area contributed by atoms with Crippen molar-refractivity contribution in [3.05, 3.63) is 35.7 Å². The molecular weight excluding hydrogens is 262 g/mol. The van der Waals surface area contributed by atoms with Crippen molar-refractivity contribution in [1.82, 2.24) is 9.97 Å². The Morgan fingerprint density at radius 2 is 2.14 bits per heavy atom. The largest absolute Gasteiger partial charge is 0.493 e. The van der Waals surface area contributed by atoms with Gasteiger partial charge < -0.3 is 10.1 Å². The lowest BCUT2D eigenvalue weighted by atomic mass is 10.0. The molecule has 110 valence electrons. The first-order chi connectivity index (χ1) is 10.3. The van der Waals surface area contributed by atoms with Gasteiger partial charge in [-0.1, -0.05) is 19.1 Å². The molecule has 0 saturated carbocycles. The van der Waals surface area contributed by atoms with Crippen LogP contribution in [0.1, 0.15) is 31.7 Å². The monoisotopic (exact) mass is 283 g/mol. The summed E-state index contributed by atoms with van der Waals surface area (Å²) in [6, 6.07) is 8.33. The highest BCUT2D eigenvalue weighted by molar-refractivity contribution is 5.71. The molecule has 0 spiro atoms. The van der Waals surface area contributed by atoms with E-state index < -0.39 is 0 Å². The summed E-state index contributed by atoms with van der Waals surface area (Å²) in [5.41, 5.74) is 3.29. The summed E-state index contributed by atoms with van der Waals surface area (Å²) >= 11 is 0. The van der Waals surface area contributed by atoms with Crippen LogP contribution in [0.2, 0.25) is 0 Å². The second-order valence-electron chi connectivity index (χ2n) is 5.18. The lowest BCUT2D eigenvalue weighted by Gasteiger charge is -2.20. The van der Waals surface area contributed by atoms with E-state index in [0.717, 1.165) is 61.1 Å². The van der Waals surface area contributed by atoms with Crippen molar-refractivity contribution in [2.45, 2.75) is 33.1 Å². The van der Waals surface area contributed by atoms with Crippen LogP contribution in [0.4, 0.5) is 5.82 Å². The van der Waals surface area contributed by atoms with E-state index in [4.69, 9.17) is 4.74 Å². The standard InChI is InChI=1S/C17H21N3O/c1-3-15-19-14(11-16(20-15)18-4-2)13-9-5-7-12-8-6-10-21-17(12)13/h5,7,9,11H,3-4,6,8,10H2,1-2H3,(H,18,19,20). The van der Waals surface area contributed by atoms with Crippen molar-refractivity contribution >= 4 is 5.82 Å². The number of nitrogens with one attached hydrogen (secondary N) is 1. The first-order valence-corrected chi connectivity index (χ1v) is 7.68. The van der Waals surface area contributed by atoms with Gasteiger partial charge in [-0.3, -0.25) is 0 Å². The van der Waals surface area contributed by atoms with Gasteiger partial charge in [0.25, 0.3) is 0 Å². The zero-order valence-electron chi connectivity index (χ0n) is 12.6. The molecule has 3 rings (SSSR count). The fourth-order valence-corrected chi connectivity index (χ4v) is 2.66. The number of nitrogens with zero attached hydrogens (tertiary/aromatic N) is 2. The molecule has 1 aliphatic heterocycles. The maximum atomic E-state index is 5.90. The minimum atomic E-state index is 0.787. The Morgan fingerprint density at radius 1 is 1.24 bits per heavy atom. The van der Waals surface area contributed by atoms with Gasteiger partial charge in [-0.25, -0.2) is 9.97 Å². The highest BCUT2D eigenvalue weighted by atomic mass is 16.5. The predicted molar refractivity (Wildman–Crippen MR) is 84.8 cm³/mol. The Morgan fingerprint density at radius 3 is 2.95 bits per heavy atom. The van der Waals surface area contributed by atoms with E-state index in [2.05, 4.69) is 47.3 Å². The van der Waals surface area contributed by atoms with Crippen molar-refractivity contribution in [1.29, 1.82) is 0 Å². The van der Waals surface area contributed by atoms with Crippen LogP contribution in [0.3, 0.4) is 0 Å². The first-order valence-electron chi connectivity index (χ1n) is 7.68. The predicted octanol–water partition coefficient (Wildman–Crippen LogP) is 3.46. The quantitative estimate of drug-likeness (QED) is 0.933. The number of anilines is 1. The molecule has 0 saturated heterocycles. The van der Waals surface area contributed by atoms with Gasteiger partial charge >= 0.3 is 0 Å². The van der Waals surface area contributed by atoms with Gasteiger partial charge in [0.15, 0.2) is 0 Å². The molecule has 0 aliphatic carbocycles. The van der Waals surface area contributed by atoms with E-state index >= 15 is 0 Å². The number of rotatable bonds is 4. The second-order valence-corrected chi connectivity index (χ2v) is 5.18. The third-order valence-electron chi connectivity index (χ3n) is 3.66. The van der Waals surface area contributed by atoms with E-state index in [9.17, 15) is 0 Å². The Labute approximate surface area is 125 Å². The summed E-state index contributed by atoms with van der Waals surface area (Å²) in [6.45, 7) is 5.78. The number of aryl methyl sites for hydroxylation is 2. The molecule has 0 fully saturated rings. The number of aromatic nitrogens is 2. The minimum absolute atomic E-state index is 0.787. The van der Waals surface area contributed by atoms with Gasteiger partial charge in [0, 0.05) is 24.6 Å². The van der Waals surface area contributed by atoms with E-state index in [1.807, 2.05) is 6.07 Å². The van der Waals surface area contributed by atoms with E-state index in [0.29, 0.717) is 0 Å². The lowest BCUT2D eigenvalue weighted by molar-refractivity contribution is 0.289. The molecule has 1 N–H and O–H groups in total. The van der Waals surface area contributed by atoms with Crippen LogP contribution < -0.4 is 10.1 Å². The van der Waals surface area contributed by atoms with Gasteiger partial charge in [0.05, 0.1) is 12.3 Å². The van der Waals surface area contributed by atoms with Gasteiger partial charge in [-0.15, -0.1) is 0 Å². The van der Waals surface area contributed by atoms with Crippen LogP contribution in [0.15, 0.2) is 24.3 Å². The first kappa shape index (κ1) is 13.9. The number of ether oxygens (including phenoxy) is 1. The number of para-hydroxylation sites is 1. The van der Waals surface area contributed by atoms with Gasteiger partial charge in [-0.05, 0) is 31.4 Å². The van der Waals surface area contributed by atoms with Gasteiger partial charge in [0.2, 0.25) is 0 Å². The third kappa shape index (κ3) is 2.84. The summed E-state index contributed by atoms with van der Waals surface area (Å²) in [6.07, 6.45) is 2.99. The van der Waals surface area contributed by atoms with Crippen molar-refractivity contribution in [2.24, 2.45) is 0 Å². The zero-order valence-corrected chi connectivity index (χ0v) is 12.6. The van der Waals surface area contributed by atoms with Crippen molar-refractivity contribution in [3.8, 4) is 17.0 Å². The smallest absolute Gasteiger partial charge is 0.131 e. The number of hydrogen-bond acceptors (Lipinski definition) is 4. The molecule has 1 aliphatic rings. The van der Waals surface area contributed by atoms with Crippen LogP contribution in [-0.4, -0.2) is 23.1 Å². The molecule has 2 aromatic rings. The average molecular weight is 283 g/mol. The topological polar surface area (TPSA) is 47.0 Å².